The molecule has 2 N–H and O–H groups in total. The van der Waals surface area contributed by atoms with Crippen LogP contribution in [0.5, 0.6) is 0 Å². The van der Waals surface area contributed by atoms with Gasteiger partial charge in [0.1, 0.15) is 0 Å². The summed E-state index contributed by atoms with van der Waals surface area (Å²) < 4.78 is 0. The first-order valence-electron chi connectivity index (χ1n) is 5.05. The average Bonchev–Trinajstić information content (AvgIpc) is 2.67. The van der Waals surface area contributed by atoms with E-state index in [0.29, 0.717) is 0 Å². The molecule has 0 saturated carbocycles. The number of anilines is 1. The van der Waals surface area contributed by atoms with Gasteiger partial charge in [-0.2, -0.15) is 5.10 Å². The third-order valence-corrected chi connectivity index (χ3v) is 1.93. The Balaban J connectivity index is 2.77. The minimum atomic E-state index is 0.873. The second kappa shape index (κ2) is 5.86. The van der Waals surface area contributed by atoms with Crippen LogP contribution < -0.4 is 5.32 Å². The Kier molecular flexibility index (Phi) is 4.41. The normalized spacial score (nSPS) is 11.3. The number of hydrogen-bond donors (Lipinski definition) is 2. The third-order valence-electron chi connectivity index (χ3n) is 1.93. The van der Waals surface area contributed by atoms with E-state index in [1.54, 1.807) is 6.20 Å². The zero-order chi connectivity index (χ0) is 11.1. The van der Waals surface area contributed by atoms with Gasteiger partial charge in [-0.15, -0.1) is 0 Å². The Bertz CT molecular complexity index is 372. The van der Waals surface area contributed by atoms with Crippen LogP contribution in [0.25, 0.3) is 5.57 Å². The predicted molar refractivity (Wildman–Crippen MR) is 65.7 cm³/mol. The van der Waals surface area contributed by atoms with Crippen molar-refractivity contribution in [2.75, 3.05) is 11.9 Å². The molecule has 0 saturated heterocycles. The Hall–Kier alpha value is -1.77. The van der Waals surface area contributed by atoms with Crippen molar-refractivity contribution in [2.24, 2.45) is 0 Å². The van der Waals surface area contributed by atoms with Gasteiger partial charge in [-0.1, -0.05) is 30.9 Å². The number of H-pyrrole nitrogens is 1. The minimum absolute atomic E-state index is 0.873. The van der Waals surface area contributed by atoms with Gasteiger partial charge in [-0.25, -0.2) is 0 Å². The number of nitrogens with zero attached hydrogens (tertiary/aromatic N) is 1. The SMILES string of the molecule is C=C(/C=C\C=C/C)c1[nH]ncc1NCC. The molecule has 0 spiro atoms. The summed E-state index contributed by atoms with van der Waals surface area (Å²) in [5.41, 5.74) is 2.85. The minimum Gasteiger partial charge on any atom is -0.382 e. The van der Waals surface area contributed by atoms with Crippen LogP contribution >= 0.6 is 0 Å². The monoisotopic (exact) mass is 203 g/mol. The largest absolute Gasteiger partial charge is 0.382 e. The molecule has 0 aliphatic carbocycles. The molecule has 0 aliphatic rings. The summed E-state index contributed by atoms with van der Waals surface area (Å²) in [6.07, 6.45) is 9.62. The van der Waals surface area contributed by atoms with Crippen LogP contribution in [0, 0.1) is 0 Å². The number of allylic oxidation sites excluding steroid dienone is 5. The van der Waals surface area contributed by atoms with Crippen LogP contribution in [0.15, 0.2) is 37.1 Å². The maximum Gasteiger partial charge on any atom is 0.0876 e. The van der Waals surface area contributed by atoms with Crippen LogP contribution in [0.2, 0.25) is 0 Å². The number of nitrogens with one attached hydrogen (secondary N) is 2. The summed E-state index contributed by atoms with van der Waals surface area (Å²) in [6, 6.07) is 0. The van der Waals surface area contributed by atoms with E-state index in [4.69, 9.17) is 0 Å². The molecule has 80 valence electrons. The van der Waals surface area contributed by atoms with E-state index in [1.807, 2.05) is 31.2 Å². The van der Waals surface area contributed by atoms with Gasteiger partial charge >= 0.3 is 0 Å². The van der Waals surface area contributed by atoms with Crippen molar-refractivity contribution in [2.45, 2.75) is 13.8 Å². The quantitative estimate of drug-likeness (QED) is 0.722. The lowest BCUT2D eigenvalue weighted by atomic mass is 10.2. The highest BCUT2D eigenvalue weighted by Crippen LogP contribution is 2.20. The molecule has 1 heterocycles. The van der Waals surface area contributed by atoms with E-state index >= 15 is 0 Å². The number of aromatic amines is 1. The van der Waals surface area contributed by atoms with E-state index in [0.717, 1.165) is 23.5 Å². The van der Waals surface area contributed by atoms with E-state index in [9.17, 15) is 0 Å². The van der Waals surface area contributed by atoms with Crippen LogP contribution in [-0.2, 0) is 0 Å². The van der Waals surface area contributed by atoms with Crippen molar-refractivity contribution in [1.29, 1.82) is 0 Å². The molecule has 15 heavy (non-hydrogen) atoms. The molecule has 0 amide bonds. The molecule has 0 atom stereocenters. The van der Waals surface area contributed by atoms with Crippen LogP contribution in [0.1, 0.15) is 19.5 Å². The van der Waals surface area contributed by atoms with Crippen molar-refractivity contribution < 1.29 is 0 Å². The summed E-state index contributed by atoms with van der Waals surface area (Å²) >= 11 is 0. The molecular weight excluding hydrogens is 186 g/mol. The van der Waals surface area contributed by atoms with Crippen molar-refractivity contribution in [1.82, 2.24) is 10.2 Å². The lowest BCUT2D eigenvalue weighted by molar-refractivity contribution is 1.08. The molecule has 1 aromatic heterocycles. The lowest BCUT2D eigenvalue weighted by Crippen LogP contribution is -1.97. The molecule has 0 radical (unpaired) electrons. The zero-order valence-corrected chi connectivity index (χ0v) is 9.25. The van der Waals surface area contributed by atoms with Gasteiger partial charge in [0, 0.05) is 6.54 Å². The number of aromatic nitrogens is 2. The average molecular weight is 203 g/mol. The van der Waals surface area contributed by atoms with Crippen molar-refractivity contribution in [3.63, 3.8) is 0 Å². The molecule has 3 nitrogen and oxygen atoms in total. The second-order valence-electron chi connectivity index (χ2n) is 3.10. The predicted octanol–water partition coefficient (Wildman–Crippen LogP) is 2.99. The fourth-order valence-corrected chi connectivity index (χ4v) is 1.22. The molecule has 0 fully saturated rings. The molecule has 0 unspecified atom stereocenters. The van der Waals surface area contributed by atoms with Crippen molar-refractivity contribution in [3.8, 4) is 0 Å². The third kappa shape index (κ3) is 3.13. The van der Waals surface area contributed by atoms with E-state index in [-0.39, 0.29) is 0 Å². The van der Waals surface area contributed by atoms with E-state index < -0.39 is 0 Å². The van der Waals surface area contributed by atoms with Crippen LogP contribution in [0.3, 0.4) is 0 Å². The Morgan fingerprint density at radius 1 is 1.60 bits per heavy atom. The lowest BCUT2D eigenvalue weighted by Gasteiger charge is -2.03. The second-order valence-corrected chi connectivity index (χ2v) is 3.10. The molecule has 0 aromatic carbocycles. The highest BCUT2D eigenvalue weighted by Gasteiger charge is 2.04. The Morgan fingerprint density at radius 3 is 3.07 bits per heavy atom. The standard InChI is InChI=1S/C12H17N3/c1-4-6-7-8-10(3)12-11(13-5-2)9-14-15-12/h4,6-9,13H,3,5H2,1-2H3,(H,14,15)/b6-4-,8-7-. The summed E-state index contributed by atoms with van der Waals surface area (Å²) in [7, 11) is 0. The Morgan fingerprint density at radius 2 is 2.40 bits per heavy atom. The highest BCUT2D eigenvalue weighted by molar-refractivity contribution is 5.77. The van der Waals surface area contributed by atoms with E-state index in [2.05, 4.69) is 29.0 Å². The van der Waals surface area contributed by atoms with Gasteiger partial charge in [0.2, 0.25) is 0 Å². The van der Waals surface area contributed by atoms with Crippen LogP contribution in [0.4, 0.5) is 5.69 Å². The van der Waals surface area contributed by atoms with Gasteiger partial charge in [0.15, 0.2) is 0 Å². The molecule has 1 rings (SSSR count). The molecule has 0 bridgehead atoms. The van der Waals surface area contributed by atoms with E-state index in [1.165, 1.54) is 0 Å². The maximum absolute atomic E-state index is 3.99. The summed E-state index contributed by atoms with van der Waals surface area (Å²) in [5.74, 6) is 0. The molecule has 1 aromatic rings. The smallest absolute Gasteiger partial charge is 0.0876 e. The van der Waals surface area contributed by atoms with Gasteiger partial charge in [0.05, 0.1) is 17.6 Å². The first-order chi connectivity index (χ1) is 7.29. The van der Waals surface area contributed by atoms with Gasteiger partial charge in [-0.3, -0.25) is 5.10 Å². The fraction of sp³-hybridized carbons (Fsp3) is 0.250. The number of rotatable bonds is 5. The first kappa shape index (κ1) is 11.3. The van der Waals surface area contributed by atoms with Crippen LogP contribution in [-0.4, -0.2) is 16.7 Å². The summed E-state index contributed by atoms with van der Waals surface area (Å²) in [6.45, 7) is 8.88. The zero-order valence-electron chi connectivity index (χ0n) is 9.25. The first-order valence-corrected chi connectivity index (χ1v) is 5.05. The molecule has 0 aliphatic heterocycles. The highest BCUT2D eigenvalue weighted by atomic mass is 15.1. The summed E-state index contributed by atoms with van der Waals surface area (Å²) in [4.78, 5) is 0. The molecular formula is C12H17N3. The Labute approximate surface area is 90.6 Å². The van der Waals surface area contributed by atoms with Crippen molar-refractivity contribution >= 4 is 11.3 Å². The van der Waals surface area contributed by atoms with Gasteiger partial charge < -0.3 is 5.32 Å². The molecule has 3 heteroatoms. The van der Waals surface area contributed by atoms with Gasteiger partial charge in [0.25, 0.3) is 0 Å². The maximum atomic E-state index is 3.99. The number of hydrogen-bond acceptors (Lipinski definition) is 2. The van der Waals surface area contributed by atoms with Crippen molar-refractivity contribution in [3.05, 3.63) is 42.8 Å². The van der Waals surface area contributed by atoms with Gasteiger partial charge in [-0.05, 0) is 19.4 Å². The summed E-state index contributed by atoms with van der Waals surface area (Å²) in [5, 5.41) is 10.1. The fourth-order valence-electron chi connectivity index (χ4n) is 1.22. The topological polar surface area (TPSA) is 40.7 Å².